The lowest BCUT2D eigenvalue weighted by molar-refractivity contribution is 0.459. The SMILES string of the molecule is CCCCC(C[C](C)C)[C](C)C. The van der Waals surface area contributed by atoms with Crippen molar-refractivity contribution in [1.82, 2.24) is 0 Å². The molecule has 0 bridgehead atoms. The van der Waals surface area contributed by atoms with Crippen molar-refractivity contribution in [2.24, 2.45) is 5.92 Å². The first kappa shape index (κ1) is 12.0. The van der Waals surface area contributed by atoms with Crippen molar-refractivity contribution in [1.29, 1.82) is 0 Å². The van der Waals surface area contributed by atoms with Gasteiger partial charge < -0.3 is 0 Å². The monoisotopic (exact) mass is 168 g/mol. The van der Waals surface area contributed by atoms with Crippen molar-refractivity contribution in [3.63, 3.8) is 0 Å². The summed E-state index contributed by atoms with van der Waals surface area (Å²) in [6.45, 7) is 11.3. The average molecular weight is 168 g/mol. The summed E-state index contributed by atoms with van der Waals surface area (Å²) < 4.78 is 0. The van der Waals surface area contributed by atoms with Gasteiger partial charge in [0.2, 0.25) is 0 Å². The van der Waals surface area contributed by atoms with Crippen LogP contribution in [0.4, 0.5) is 0 Å². The van der Waals surface area contributed by atoms with Gasteiger partial charge in [-0.3, -0.25) is 0 Å². The zero-order valence-electron chi connectivity index (χ0n) is 9.41. The maximum Gasteiger partial charge on any atom is -0.0272 e. The zero-order chi connectivity index (χ0) is 9.56. The first-order valence-electron chi connectivity index (χ1n) is 5.17. The smallest absolute Gasteiger partial charge is 0.0272 e. The Balaban J connectivity index is 3.70. The van der Waals surface area contributed by atoms with Crippen LogP contribution in [0.2, 0.25) is 0 Å². The lowest BCUT2D eigenvalue weighted by Gasteiger charge is -2.21. The molecule has 0 fully saturated rings. The van der Waals surface area contributed by atoms with Crippen molar-refractivity contribution < 1.29 is 0 Å². The highest BCUT2D eigenvalue weighted by Gasteiger charge is 2.14. The second-order valence-electron chi connectivity index (χ2n) is 4.33. The van der Waals surface area contributed by atoms with E-state index in [9.17, 15) is 0 Å². The van der Waals surface area contributed by atoms with Crippen molar-refractivity contribution in [3.8, 4) is 0 Å². The number of unbranched alkanes of at least 4 members (excludes halogenated alkanes) is 1. The molecule has 12 heavy (non-hydrogen) atoms. The highest BCUT2D eigenvalue weighted by atomic mass is 14.2. The zero-order valence-corrected chi connectivity index (χ0v) is 9.41. The van der Waals surface area contributed by atoms with E-state index in [0.29, 0.717) is 0 Å². The summed E-state index contributed by atoms with van der Waals surface area (Å²) in [5, 5.41) is 0. The average Bonchev–Trinajstić information content (AvgIpc) is 1.96. The highest BCUT2D eigenvalue weighted by Crippen LogP contribution is 2.27. The van der Waals surface area contributed by atoms with E-state index in [1.807, 2.05) is 0 Å². The van der Waals surface area contributed by atoms with Gasteiger partial charge in [-0.25, -0.2) is 0 Å². The Morgan fingerprint density at radius 2 is 1.67 bits per heavy atom. The molecule has 0 spiro atoms. The van der Waals surface area contributed by atoms with E-state index < -0.39 is 0 Å². The molecule has 0 heteroatoms. The molecule has 0 heterocycles. The minimum Gasteiger partial charge on any atom is -0.0654 e. The topological polar surface area (TPSA) is 0 Å². The fourth-order valence-corrected chi connectivity index (χ4v) is 1.54. The van der Waals surface area contributed by atoms with Crippen molar-refractivity contribution >= 4 is 0 Å². The minimum absolute atomic E-state index is 0.843. The molecule has 0 saturated heterocycles. The summed E-state index contributed by atoms with van der Waals surface area (Å²) in [5.41, 5.74) is 0. The van der Waals surface area contributed by atoms with E-state index in [1.165, 1.54) is 25.7 Å². The Kier molecular flexibility index (Phi) is 6.51. The summed E-state index contributed by atoms with van der Waals surface area (Å²) in [6.07, 6.45) is 5.38. The summed E-state index contributed by atoms with van der Waals surface area (Å²) in [4.78, 5) is 0. The van der Waals surface area contributed by atoms with Gasteiger partial charge in [0.1, 0.15) is 0 Å². The van der Waals surface area contributed by atoms with E-state index >= 15 is 0 Å². The highest BCUT2D eigenvalue weighted by molar-refractivity contribution is 4.93. The predicted octanol–water partition coefficient (Wildman–Crippen LogP) is 4.41. The van der Waals surface area contributed by atoms with Gasteiger partial charge in [0.25, 0.3) is 0 Å². The number of rotatable bonds is 6. The van der Waals surface area contributed by atoms with E-state index in [4.69, 9.17) is 0 Å². The third-order valence-corrected chi connectivity index (χ3v) is 2.38. The molecular weight excluding hydrogens is 144 g/mol. The standard InChI is InChI=1S/C12H24/c1-6-7-8-12(11(4)5)9-10(2)3/h12H,6-9H2,1-5H3. The lowest BCUT2D eigenvalue weighted by Crippen LogP contribution is -2.09. The summed E-state index contributed by atoms with van der Waals surface area (Å²) in [6, 6.07) is 0. The Labute approximate surface area is 78.8 Å². The van der Waals surface area contributed by atoms with Gasteiger partial charge in [-0.1, -0.05) is 47.5 Å². The van der Waals surface area contributed by atoms with Crippen LogP contribution in [0, 0.1) is 17.8 Å². The van der Waals surface area contributed by atoms with Crippen LogP contribution in [0.25, 0.3) is 0 Å². The van der Waals surface area contributed by atoms with Gasteiger partial charge in [0.05, 0.1) is 0 Å². The molecule has 0 rings (SSSR count). The Bertz CT molecular complexity index is 92.2. The molecule has 0 N–H and O–H groups in total. The third-order valence-electron chi connectivity index (χ3n) is 2.38. The van der Waals surface area contributed by atoms with Gasteiger partial charge in [-0.2, -0.15) is 0 Å². The first-order chi connectivity index (χ1) is 5.57. The molecule has 0 nitrogen and oxygen atoms in total. The molecular formula is C12H24. The van der Waals surface area contributed by atoms with Crippen LogP contribution in [0.15, 0.2) is 0 Å². The van der Waals surface area contributed by atoms with Crippen LogP contribution < -0.4 is 0 Å². The molecule has 0 aliphatic heterocycles. The molecule has 0 saturated carbocycles. The van der Waals surface area contributed by atoms with Crippen LogP contribution >= 0.6 is 0 Å². The Morgan fingerprint density at radius 3 is 2.00 bits per heavy atom. The molecule has 0 aromatic heterocycles. The van der Waals surface area contributed by atoms with Gasteiger partial charge in [-0.15, -0.1) is 0 Å². The molecule has 0 amide bonds. The van der Waals surface area contributed by atoms with Crippen molar-refractivity contribution in [2.75, 3.05) is 0 Å². The second kappa shape index (κ2) is 6.51. The van der Waals surface area contributed by atoms with E-state index in [1.54, 1.807) is 11.8 Å². The van der Waals surface area contributed by atoms with E-state index in [0.717, 1.165) is 5.92 Å². The predicted molar refractivity (Wildman–Crippen MR) is 56.8 cm³/mol. The van der Waals surface area contributed by atoms with Crippen LogP contribution in [-0.2, 0) is 0 Å². The fourth-order valence-electron chi connectivity index (χ4n) is 1.54. The van der Waals surface area contributed by atoms with Gasteiger partial charge in [0, 0.05) is 0 Å². The molecule has 1 atom stereocenters. The number of hydrogen-bond acceptors (Lipinski definition) is 0. The quantitative estimate of drug-likeness (QED) is 0.551. The molecule has 2 radical (unpaired) electrons. The molecule has 0 aromatic rings. The minimum atomic E-state index is 0.843. The first-order valence-corrected chi connectivity index (χ1v) is 5.17. The van der Waals surface area contributed by atoms with Gasteiger partial charge in [-0.05, 0) is 30.6 Å². The van der Waals surface area contributed by atoms with E-state index in [2.05, 4.69) is 34.6 Å². The van der Waals surface area contributed by atoms with E-state index in [-0.39, 0.29) is 0 Å². The summed E-state index contributed by atoms with van der Waals surface area (Å²) in [5.74, 6) is 4.01. The van der Waals surface area contributed by atoms with Crippen LogP contribution in [0.1, 0.15) is 60.3 Å². The van der Waals surface area contributed by atoms with Gasteiger partial charge >= 0.3 is 0 Å². The van der Waals surface area contributed by atoms with Crippen LogP contribution in [-0.4, -0.2) is 0 Å². The summed E-state index contributed by atoms with van der Waals surface area (Å²) in [7, 11) is 0. The molecule has 1 unspecified atom stereocenters. The largest absolute Gasteiger partial charge is 0.0654 e. The summed E-state index contributed by atoms with van der Waals surface area (Å²) >= 11 is 0. The maximum atomic E-state index is 2.27. The Hall–Kier alpha value is 0. The molecule has 0 aliphatic rings. The Morgan fingerprint density at radius 1 is 1.08 bits per heavy atom. The molecule has 0 aliphatic carbocycles. The second-order valence-corrected chi connectivity index (χ2v) is 4.33. The number of hydrogen-bond donors (Lipinski definition) is 0. The van der Waals surface area contributed by atoms with Crippen molar-refractivity contribution in [3.05, 3.63) is 11.8 Å². The van der Waals surface area contributed by atoms with Crippen LogP contribution in [0.3, 0.4) is 0 Å². The molecule has 72 valence electrons. The fraction of sp³-hybridized carbons (Fsp3) is 0.833. The normalized spacial score (nSPS) is 14.2. The van der Waals surface area contributed by atoms with Crippen molar-refractivity contribution in [2.45, 2.75) is 60.3 Å². The maximum absolute atomic E-state index is 2.27. The lowest BCUT2D eigenvalue weighted by atomic mass is 9.84. The van der Waals surface area contributed by atoms with Gasteiger partial charge in [0.15, 0.2) is 0 Å². The van der Waals surface area contributed by atoms with Crippen LogP contribution in [0.5, 0.6) is 0 Å². The molecule has 0 aromatic carbocycles. The third kappa shape index (κ3) is 5.62.